The van der Waals surface area contributed by atoms with Crippen molar-refractivity contribution in [1.82, 2.24) is 10.2 Å². The Labute approximate surface area is 249 Å². The zero-order valence-electron chi connectivity index (χ0n) is 23.3. The summed E-state index contributed by atoms with van der Waals surface area (Å²) in [5.74, 6) is -0.968. The lowest BCUT2D eigenvalue weighted by atomic mass is 10.1. The molecule has 3 aromatic rings. The Morgan fingerprint density at radius 2 is 1.71 bits per heavy atom. The number of rotatable bonds is 14. The van der Waals surface area contributed by atoms with E-state index >= 15 is 0 Å². The van der Waals surface area contributed by atoms with E-state index in [1.807, 2.05) is 38.1 Å². The molecule has 0 unspecified atom stereocenters. The van der Waals surface area contributed by atoms with Gasteiger partial charge in [0.25, 0.3) is 10.0 Å². The van der Waals surface area contributed by atoms with Gasteiger partial charge in [0, 0.05) is 17.6 Å². The number of nitrogens with one attached hydrogen (secondary N) is 1. The Bertz CT molecular complexity index is 1420. The summed E-state index contributed by atoms with van der Waals surface area (Å²) in [6.45, 7) is 5.84. The summed E-state index contributed by atoms with van der Waals surface area (Å²) in [7, 11) is -4.30. The molecule has 2 amide bonds. The summed E-state index contributed by atoms with van der Waals surface area (Å²) in [6.07, 6.45) is 1.69. The van der Waals surface area contributed by atoms with E-state index in [0.717, 1.165) is 51.4 Å². The van der Waals surface area contributed by atoms with Crippen LogP contribution in [0.5, 0.6) is 5.75 Å². The molecule has 0 aliphatic rings. The molecule has 3 rings (SSSR count). The van der Waals surface area contributed by atoms with Crippen LogP contribution in [0.2, 0.25) is 0 Å². The van der Waals surface area contributed by atoms with E-state index in [1.54, 1.807) is 31.2 Å². The molecule has 0 saturated heterocycles. The van der Waals surface area contributed by atoms with Crippen LogP contribution in [0.1, 0.15) is 39.2 Å². The van der Waals surface area contributed by atoms with Crippen LogP contribution < -0.4 is 14.4 Å². The standard InChI is InChI=1S/C30H35BrFN3O5S/c1-4-6-18-33-30(37)22(3)34(20-23-8-7-9-24(31)19-23)29(36)21-35(26-12-14-27(15-13-26)40-5-2)41(38,39)28-16-10-25(32)11-17-28/h7-17,19,22H,4-6,18,20-21H2,1-3H3,(H,33,37)/t22-/m0/s1. The molecule has 0 heterocycles. The summed E-state index contributed by atoms with van der Waals surface area (Å²) in [5, 5.41) is 2.86. The lowest BCUT2D eigenvalue weighted by Gasteiger charge is -2.32. The third-order valence-corrected chi connectivity index (χ3v) is 8.64. The van der Waals surface area contributed by atoms with Crippen LogP contribution in [0.15, 0.2) is 82.2 Å². The SMILES string of the molecule is CCCCNC(=O)[C@H](C)N(Cc1cccc(Br)c1)C(=O)CN(c1ccc(OCC)cc1)S(=O)(=O)c1ccc(F)cc1. The van der Waals surface area contributed by atoms with Crippen LogP contribution in [0.4, 0.5) is 10.1 Å². The Balaban J connectivity index is 2.00. The summed E-state index contributed by atoms with van der Waals surface area (Å²) >= 11 is 3.43. The van der Waals surface area contributed by atoms with E-state index in [-0.39, 0.29) is 23.0 Å². The van der Waals surface area contributed by atoms with Crippen molar-refractivity contribution in [3.8, 4) is 5.75 Å². The van der Waals surface area contributed by atoms with Crippen molar-refractivity contribution in [3.05, 3.63) is 88.6 Å². The van der Waals surface area contributed by atoms with Gasteiger partial charge in [0.2, 0.25) is 11.8 Å². The third kappa shape index (κ3) is 8.77. The van der Waals surface area contributed by atoms with Crippen molar-refractivity contribution in [2.24, 2.45) is 0 Å². The maximum atomic E-state index is 13.9. The Morgan fingerprint density at radius 3 is 2.32 bits per heavy atom. The number of carbonyl (C=O) groups excluding carboxylic acids is 2. The van der Waals surface area contributed by atoms with Crippen molar-refractivity contribution in [3.63, 3.8) is 0 Å². The Kier molecular flexibility index (Phi) is 11.7. The number of amides is 2. The van der Waals surface area contributed by atoms with Crippen LogP contribution in [0.3, 0.4) is 0 Å². The average Bonchev–Trinajstić information content (AvgIpc) is 2.95. The first-order chi connectivity index (χ1) is 19.6. The molecule has 0 aliphatic carbocycles. The van der Waals surface area contributed by atoms with Gasteiger partial charge in [-0.1, -0.05) is 41.4 Å². The minimum absolute atomic E-state index is 0.0777. The molecule has 41 heavy (non-hydrogen) atoms. The quantitative estimate of drug-likeness (QED) is 0.233. The molecule has 0 spiro atoms. The van der Waals surface area contributed by atoms with Gasteiger partial charge in [0.1, 0.15) is 24.2 Å². The van der Waals surface area contributed by atoms with Gasteiger partial charge in [-0.3, -0.25) is 13.9 Å². The number of carbonyl (C=O) groups is 2. The Hall–Kier alpha value is -3.44. The van der Waals surface area contributed by atoms with Gasteiger partial charge in [-0.25, -0.2) is 12.8 Å². The van der Waals surface area contributed by atoms with E-state index in [0.29, 0.717) is 18.9 Å². The highest BCUT2D eigenvalue weighted by Gasteiger charge is 2.32. The minimum atomic E-state index is -4.30. The second-order valence-electron chi connectivity index (χ2n) is 9.36. The first kappa shape index (κ1) is 32.1. The van der Waals surface area contributed by atoms with E-state index in [4.69, 9.17) is 4.74 Å². The fraction of sp³-hybridized carbons (Fsp3) is 0.333. The van der Waals surface area contributed by atoms with Crippen molar-refractivity contribution in [2.75, 3.05) is 24.0 Å². The molecule has 0 radical (unpaired) electrons. The highest BCUT2D eigenvalue weighted by molar-refractivity contribution is 9.10. The van der Waals surface area contributed by atoms with Crippen LogP contribution in [-0.4, -0.2) is 50.9 Å². The maximum absolute atomic E-state index is 13.9. The molecule has 0 aliphatic heterocycles. The van der Waals surface area contributed by atoms with Gasteiger partial charge >= 0.3 is 0 Å². The minimum Gasteiger partial charge on any atom is -0.494 e. The number of benzene rings is 3. The number of halogens is 2. The normalized spacial score (nSPS) is 11.9. The first-order valence-electron chi connectivity index (χ1n) is 13.4. The number of nitrogens with zero attached hydrogens (tertiary/aromatic N) is 2. The molecule has 1 atom stereocenters. The lowest BCUT2D eigenvalue weighted by Crippen LogP contribution is -2.51. The summed E-state index contributed by atoms with van der Waals surface area (Å²) in [4.78, 5) is 28.2. The summed E-state index contributed by atoms with van der Waals surface area (Å²) in [6, 6.07) is 17.2. The molecule has 0 bridgehead atoms. The third-order valence-electron chi connectivity index (χ3n) is 6.36. The van der Waals surface area contributed by atoms with Crippen molar-refractivity contribution >= 4 is 43.5 Å². The summed E-state index contributed by atoms with van der Waals surface area (Å²) in [5.41, 5.74) is 0.975. The van der Waals surface area contributed by atoms with Gasteiger partial charge < -0.3 is 15.0 Å². The second kappa shape index (κ2) is 15.0. The summed E-state index contributed by atoms with van der Waals surface area (Å²) < 4.78 is 48.5. The Morgan fingerprint density at radius 1 is 1.02 bits per heavy atom. The molecule has 0 saturated carbocycles. The van der Waals surface area contributed by atoms with Gasteiger partial charge in [0.05, 0.1) is 17.2 Å². The molecule has 0 aromatic heterocycles. The monoisotopic (exact) mass is 647 g/mol. The first-order valence-corrected chi connectivity index (χ1v) is 15.6. The predicted octanol–water partition coefficient (Wildman–Crippen LogP) is 5.52. The maximum Gasteiger partial charge on any atom is 0.264 e. The molecule has 1 N–H and O–H groups in total. The zero-order chi connectivity index (χ0) is 30.0. The molecule has 3 aromatic carbocycles. The topological polar surface area (TPSA) is 96.0 Å². The second-order valence-corrected chi connectivity index (χ2v) is 12.1. The van der Waals surface area contributed by atoms with Gasteiger partial charge in [-0.15, -0.1) is 0 Å². The van der Waals surface area contributed by atoms with E-state index in [2.05, 4.69) is 21.2 Å². The average molecular weight is 649 g/mol. The van der Waals surface area contributed by atoms with Crippen LogP contribution in [-0.2, 0) is 26.2 Å². The van der Waals surface area contributed by atoms with Gasteiger partial charge in [-0.05, 0) is 86.5 Å². The predicted molar refractivity (Wildman–Crippen MR) is 161 cm³/mol. The molecule has 8 nitrogen and oxygen atoms in total. The fourth-order valence-corrected chi connectivity index (χ4v) is 5.95. The number of hydrogen-bond acceptors (Lipinski definition) is 5. The molecular formula is C30H35BrFN3O5S. The van der Waals surface area contributed by atoms with Crippen LogP contribution in [0, 0.1) is 5.82 Å². The number of unbranched alkanes of at least 4 members (excludes halogenated alkanes) is 1. The number of anilines is 1. The molecule has 0 fully saturated rings. The van der Waals surface area contributed by atoms with E-state index in [1.165, 1.54) is 4.90 Å². The molecular weight excluding hydrogens is 613 g/mol. The van der Waals surface area contributed by atoms with Crippen molar-refractivity contribution < 1.29 is 27.1 Å². The van der Waals surface area contributed by atoms with E-state index < -0.39 is 34.3 Å². The lowest BCUT2D eigenvalue weighted by molar-refractivity contribution is -0.139. The largest absolute Gasteiger partial charge is 0.494 e. The smallest absolute Gasteiger partial charge is 0.264 e. The number of sulfonamides is 1. The van der Waals surface area contributed by atoms with Crippen LogP contribution >= 0.6 is 15.9 Å². The van der Waals surface area contributed by atoms with E-state index in [9.17, 15) is 22.4 Å². The van der Waals surface area contributed by atoms with Gasteiger partial charge in [0.15, 0.2) is 0 Å². The van der Waals surface area contributed by atoms with Crippen molar-refractivity contribution in [1.29, 1.82) is 0 Å². The van der Waals surface area contributed by atoms with Crippen molar-refractivity contribution in [2.45, 2.75) is 51.1 Å². The molecule has 220 valence electrons. The fourth-order valence-electron chi connectivity index (χ4n) is 4.09. The number of hydrogen-bond donors (Lipinski definition) is 1. The number of ether oxygens (including phenoxy) is 1. The highest BCUT2D eigenvalue weighted by atomic mass is 79.9. The molecule has 11 heteroatoms. The zero-order valence-corrected chi connectivity index (χ0v) is 25.8. The highest BCUT2D eigenvalue weighted by Crippen LogP contribution is 2.27. The van der Waals surface area contributed by atoms with Gasteiger partial charge in [-0.2, -0.15) is 0 Å². The van der Waals surface area contributed by atoms with Crippen LogP contribution in [0.25, 0.3) is 0 Å².